The zero-order valence-corrected chi connectivity index (χ0v) is 18.2. The highest BCUT2D eigenvalue weighted by Crippen LogP contribution is 2.36. The maximum Gasteiger partial charge on any atom is 0.191 e. The molecule has 2 bridgehead atoms. The molecule has 5 nitrogen and oxygen atoms in total. The van der Waals surface area contributed by atoms with Crippen LogP contribution in [0.4, 0.5) is 0 Å². The predicted octanol–water partition coefficient (Wildman–Crippen LogP) is 3.41. The van der Waals surface area contributed by atoms with E-state index >= 15 is 0 Å². The van der Waals surface area contributed by atoms with Crippen LogP contribution in [0.15, 0.2) is 35.3 Å². The molecule has 0 radical (unpaired) electrons. The van der Waals surface area contributed by atoms with E-state index in [0.29, 0.717) is 18.1 Å². The number of nitrogens with zero attached hydrogens (tertiary/aromatic N) is 2. The van der Waals surface area contributed by atoms with E-state index in [1.165, 1.54) is 31.2 Å². The lowest BCUT2D eigenvalue weighted by Gasteiger charge is -2.40. The van der Waals surface area contributed by atoms with Gasteiger partial charge in [0.2, 0.25) is 0 Å². The molecule has 2 aliphatic rings. The van der Waals surface area contributed by atoms with Gasteiger partial charge in [-0.1, -0.05) is 51.1 Å². The second-order valence-corrected chi connectivity index (χ2v) is 9.40. The van der Waals surface area contributed by atoms with Crippen LogP contribution in [0.3, 0.4) is 0 Å². The number of rotatable bonds is 6. The van der Waals surface area contributed by atoms with Crippen molar-refractivity contribution in [3.8, 4) is 0 Å². The predicted molar refractivity (Wildman–Crippen MR) is 117 cm³/mol. The molecule has 0 saturated carbocycles. The summed E-state index contributed by atoms with van der Waals surface area (Å²) in [5, 5.41) is 7.15. The van der Waals surface area contributed by atoms with Crippen molar-refractivity contribution in [3.05, 3.63) is 35.9 Å². The maximum atomic E-state index is 5.66. The number of piperidine rings is 1. The Labute approximate surface area is 170 Å². The topological polar surface area (TPSA) is 48.9 Å². The molecule has 28 heavy (non-hydrogen) atoms. The van der Waals surface area contributed by atoms with Gasteiger partial charge < -0.3 is 15.4 Å². The van der Waals surface area contributed by atoms with Gasteiger partial charge in [-0.2, -0.15) is 0 Å². The summed E-state index contributed by atoms with van der Waals surface area (Å²) < 4.78 is 5.66. The number of aliphatic imine (C=N–C) groups is 1. The zero-order valence-electron chi connectivity index (χ0n) is 18.2. The molecule has 2 N–H and O–H groups in total. The summed E-state index contributed by atoms with van der Waals surface area (Å²) in [6.45, 7) is 8.47. The highest BCUT2D eigenvalue weighted by molar-refractivity contribution is 5.80. The summed E-state index contributed by atoms with van der Waals surface area (Å²) in [6.07, 6.45) is 5.16. The standard InChI is InChI=1S/C23H38N4O/c1-23(2,3)21(28-5)15-25-22(24-4)26-18-13-19-11-12-20(14-18)27(19)16-17-9-7-6-8-10-17/h6-10,18-21H,11-16H2,1-5H3,(H2,24,25,26). The number of guanidine groups is 1. The van der Waals surface area contributed by atoms with Gasteiger partial charge in [-0.05, 0) is 36.7 Å². The van der Waals surface area contributed by atoms with Crippen LogP contribution in [0.1, 0.15) is 52.0 Å². The number of nitrogens with one attached hydrogen (secondary N) is 2. The van der Waals surface area contributed by atoms with E-state index in [9.17, 15) is 0 Å². The van der Waals surface area contributed by atoms with E-state index in [2.05, 4.69) is 71.6 Å². The Balaban J connectivity index is 1.52. The quantitative estimate of drug-likeness (QED) is 0.581. The number of benzene rings is 1. The largest absolute Gasteiger partial charge is 0.379 e. The van der Waals surface area contributed by atoms with Crippen molar-refractivity contribution in [1.82, 2.24) is 15.5 Å². The van der Waals surface area contributed by atoms with E-state index < -0.39 is 0 Å². The Kier molecular flexibility index (Phi) is 7.00. The van der Waals surface area contributed by atoms with E-state index in [1.54, 1.807) is 7.11 Å². The molecule has 2 fully saturated rings. The first-order chi connectivity index (χ1) is 13.4. The van der Waals surface area contributed by atoms with Gasteiger partial charge in [0.05, 0.1) is 6.10 Å². The Morgan fingerprint density at radius 1 is 1.18 bits per heavy atom. The van der Waals surface area contributed by atoms with E-state index in [4.69, 9.17) is 4.74 Å². The molecule has 156 valence electrons. The fraction of sp³-hybridized carbons (Fsp3) is 0.696. The first-order valence-electron chi connectivity index (χ1n) is 10.7. The van der Waals surface area contributed by atoms with Gasteiger partial charge >= 0.3 is 0 Å². The highest BCUT2D eigenvalue weighted by atomic mass is 16.5. The summed E-state index contributed by atoms with van der Waals surface area (Å²) >= 11 is 0. The van der Waals surface area contributed by atoms with Crippen LogP contribution in [-0.2, 0) is 11.3 Å². The Bertz CT molecular complexity index is 626. The van der Waals surface area contributed by atoms with Gasteiger partial charge in [-0.25, -0.2) is 0 Å². The molecule has 0 aliphatic carbocycles. The second-order valence-electron chi connectivity index (χ2n) is 9.40. The molecule has 2 aliphatic heterocycles. The molecule has 3 atom stereocenters. The number of hydrogen-bond donors (Lipinski definition) is 2. The van der Waals surface area contributed by atoms with Gasteiger partial charge in [-0.3, -0.25) is 9.89 Å². The first kappa shape index (κ1) is 21.1. The molecule has 2 saturated heterocycles. The third-order valence-electron chi connectivity index (χ3n) is 6.36. The number of ether oxygens (including phenoxy) is 1. The van der Waals surface area contributed by atoms with E-state index in [1.807, 2.05) is 7.05 Å². The number of hydrogen-bond acceptors (Lipinski definition) is 3. The van der Waals surface area contributed by atoms with Crippen molar-refractivity contribution in [2.75, 3.05) is 20.7 Å². The summed E-state index contributed by atoms with van der Waals surface area (Å²) in [5.41, 5.74) is 1.53. The summed E-state index contributed by atoms with van der Waals surface area (Å²) in [6, 6.07) is 12.7. The van der Waals surface area contributed by atoms with Gasteiger partial charge in [0.25, 0.3) is 0 Å². The molecule has 2 heterocycles. The van der Waals surface area contributed by atoms with Gasteiger partial charge in [0, 0.05) is 45.4 Å². The lowest BCUT2D eigenvalue weighted by molar-refractivity contribution is 0.0204. The lowest BCUT2D eigenvalue weighted by Crippen LogP contribution is -2.53. The smallest absolute Gasteiger partial charge is 0.191 e. The monoisotopic (exact) mass is 386 g/mol. The van der Waals surface area contributed by atoms with Crippen LogP contribution < -0.4 is 10.6 Å². The van der Waals surface area contributed by atoms with Crippen molar-refractivity contribution >= 4 is 5.96 Å². The molecule has 0 amide bonds. The molecule has 1 aromatic rings. The molecule has 0 aromatic heterocycles. The maximum absolute atomic E-state index is 5.66. The van der Waals surface area contributed by atoms with Gasteiger partial charge in [0.15, 0.2) is 5.96 Å². The number of methoxy groups -OCH3 is 1. The van der Waals surface area contributed by atoms with Gasteiger partial charge in [-0.15, -0.1) is 0 Å². The van der Waals surface area contributed by atoms with E-state index in [0.717, 1.165) is 19.0 Å². The third-order valence-corrected chi connectivity index (χ3v) is 6.36. The van der Waals surface area contributed by atoms with Crippen molar-refractivity contribution in [2.24, 2.45) is 10.4 Å². The van der Waals surface area contributed by atoms with Crippen molar-refractivity contribution < 1.29 is 4.74 Å². The molecule has 0 spiro atoms. The van der Waals surface area contributed by atoms with E-state index in [-0.39, 0.29) is 11.5 Å². The molecule has 3 rings (SSSR count). The van der Waals surface area contributed by atoms with Crippen LogP contribution in [-0.4, -0.2) is 55.8 Å². The molecule has 3 unspecified atom stereocenters. The first-order valence-corrected chi connectivity index (χ1v) is 10.7. The Hall–Kier alpha value is -1.59. The van der Waals surface area contributed by atoms with Crippen LogP contribution in [0.2, 0.25) is 0 Å². The summed E-state index contributed by atoms with van der Waals surface area (Å²) in [5.74, 6) is 0.896. The summed E-state index contributed by atoms with van der Waals surface area (Å²) in [4.78, 5) is 7.18. The minimum atomic E-state index is 0.0997. The molecule has 5 heteroatoms. The van der Waals surface area contributed by atoms with Crippen molar-refractivity contribution in [3.63, 3.8) is 0 Å². The molecule has 1 aromatic carbocycles. The zero-order chi connectivity index (χ0) is 20.1. The molecular formula is C23H38N4O. The molecular weight excluding hydrogens is 348 g/mol. The van der Waals surface area contributed by atoms with Gasteiger partial charge in [0.1, 0.15) is 0 Å². The van der Waals surface area contributed by atoms with Crippen LogP contribution in [0.5, 0.6) is 0 Å². The highest BCUT2D eigenvalue weighted by Gasteiger charge is 2.40. The van der Waals surface area contributed by atoms with Crippen molar-refractivity contribution in [2.45, 2.75) is 77.2 Å². The second kappa shape index (κ2) is 9.27. The SMILES string of the molecule is CN=C(NCC(OC)C(C)(C)C)NC1CC2CCC(C1)N2Cc1ccccc1. The van der Waals surface area contributed by atoms with Crippen LogP contribution in [0.25, 0.3) is 0 Å². The Morgan fingerprint density at radius 2 is 1.82 bits per heavy atom. The summed E-state index contributed by atoms with van der Waals surface area (Å²) in [7, 11) is 3.64. The average molecular weight is 387 g/mol. The van der Waals surface area contributed by atoms with Crippen LogP contribution >= 0.6 is 0 Å². The fourth-order valence-electron chi connectivity index (χ4n) is 4.76. The Morgan fingerprint density at radius 3 is 2.36 bits per heavy atom. The minimum absolute atomic E-state index is 0.0997. The van der Waals surface area contributed by atoms with Crippen LogP contribution in [0, 0.1) is 5.41 Å². The van der Waals surface area contributed by atoms with Crippen molar-refractivity contribution in [1.29, 1.82) is 0 Å². The average Bonchev–Trinajstić information content (AvgIpc) is 2.89. The third kappa shape index (κ3) is 5.26. The fourth-order valence-corrected chi connectivity index (χ4v) is 4.76. The number of fused-ring (bicyclic) bond motifs is 2. The lowest BCUT2D eigenvalue weighted by atomic mass is 9.89. The normalized spacial score (nSPS) is 26.9. The minimum Gasteiger partial charge on any atom is -0.379 e.